The number of nitrogens with zero attached hydrogens (tertiary/aromatic N) is 2. The molecule has 0 unspecified atom stereocenters. The zero-order valence-corrected chi connectivity index (χ0v) is 14.0. The predicted octanol–water partition coefficient (Wildman–Crippen LogP) is 1.41. The number of rotatable bonds is 7. The first kappa shape index (κ1) is 16.1. The molecule has 0 aliphatic rings. The molecule has 0 aromatic carbocycles. The fourth-order valence-corrected chi connectivity index (χ4v) is 2.19. The molecule has 0 N–H and O–H groups in total. The Labute approximate surface area is 115 Å². The molecule has 0 atom stereocenters. The molecule has 0 saturated heterocycles. The standard InChI is InChI=1S/C12H20N2Se2/c1-9(7-11(3)15)13-5-6-14-10(2)8-12(4)16/h5-8H2,1-4H3. The van der Waals surface area contributed by atoms with Gasteiger partial charge in [-0.2, -0.15) is 0 Å². The molecule has 0 bridgehead atoms. The molecule has 0 fully saturated rings. The van der Waals surface area contributed by atoms with E-state index in [1.807, 2.05) is 0 Å². The Balaban J connectivity index is 3.89. The first-order chi connectivity index (χ1) is 7.41. The summed E-state index contributed by atoms with van der Waals surface area (Å²) >= 11 is 6.01. The monoisotopic (exact) mass is 352 g/mol. The maximum atomic E-state index is 4.47. The van der Waals surface area contributed by atoms with Gasteiger partial charge in [-0.3, -0.25) is 0 Å². The Morgan fingerprint density at radius 1 is 0.750 bits per heavy atom. The van der Waals surface area contributed by atoms with Crippen LogP contribution in [0.4, 0.5) is 0 Å². The van der Waals surface area contributed by atoms with Gasteiger partial charge >= 0.3 is 115 Å². The van der Waals surface area contributed by atoms with E-state index in [0.29, 0.717) is 0 Å². The van der Waals surface area contributed by atoms with Crippen molar-refractivity contribution >= 4 is 51.4 Å². The average Bonchev–Trinajstić information content (AvgIpc) is 2.10. The van der Waals surface area contributed by atoms with E-state index in [1.165, 1.54) is 20.3 Å². The van der Waals surface area contributed by atoms with E-state index >= 15 is 0 Å². The van der Waals surface area contributed by atoms with Gasteiger partial charge in [0, 0.05) is 0 Å². The second-order valence-corrected chi connectivity index (χ2v) is 6.92. The van der Waals surface area contributed by atoms with Gasteiger partial charge in [-0.1, -0.05) is 0 Å². The van der Waals surface area contributed by atoms with Gasteiger partial charge in [-0.15, -0.1) is 0 Å². The second kappa shape index (κ2) is 9.18. The van der Waals surface area contributed by atoms with Crippen molar-refractivity contribution in [1.29, 1.82) is 0 Å². The first-order valence-corrected chi connectivity index (χ1v) is 7.12. The van der Waals surface area contributed by atoms with Gasteiger partial charge in [0.1, 0.15) is 0 Å². The molecule has 0 radical (unpaired) electrons. The molecule has 0 heterocycles. The fraction of sp³-hybridized carbons (Fsp3) is 0.667. The van der Waals surface area contributed by atoms with Gasteiger partial charge < -0.3 is 0 Å². The van der Waals surface area contributed by atoms with E-state index in [2.05, 4.69) is 68.8 Å². The van der Waals surface area contributed by atoms with Crippen LogP contribution in [0, 0.1) is 0 Å². The van der Waals surface area contributed by atoms with Crippen LogP contribution in [-0.4, -0.2) is 64.5 Å². The Morgan fingerprint density at radius 3 is 1.31 bits per heavy atom. The Kier molecular flexibility index (Phi) is 9.25. The van der Waals surface area contributed by atoms with E-state index in [0.717, 1.165) is 25.9 Å². The molecule has 16 heavy (non-hydrogen) atoms. The fourth-order valence-electron chi connectivity index (χ4n) is 1.31. The Bertz CT molecular complexity index is 285. The van der Waals surface area contributed by atoms with Crippen LogP contribution in [0.5, 0.6) is 0 Å². The molecule has 4 heteroatoms. The van der Waals surface area contributed by atoms with Crippen LogP contribution in [0.15, 0.2) is 9.98 Å². The Hall–Kier alpha value is 0.119. The predicted molar refractivity (Wildman–Crippen MR) is 78.1 cm³/mol. The van der Waals surface area contributed by atoms with E-state index < -0.39 is 0 Å². The van der Waals surface area contributed by atoms with E-state index in [1.54, 1.807) is 0 Å². The number of hydrogen-bond donors (Lipinski definition) is 0. The van der Waals surface area contributed by atoms with Gasteiger partial charge in [0.15, 0.2) is 0 Å². The normalized spacial score (nSPS) is 12.8. The van der Waals surface area contributed by atoms with Crippen molar-refractivity contribution in [3.8, 4) is 0 Å². The summed E-state index contributed by atoms with van der Waals surface area (Å²) in [6, 6.07) is 0. The van der Waals surface area contributed by atoms with Gasteiger partial charge in [0.05, 0.1) is 0 Å². The summed E-state index contributed by atoms with van der Waals surface area (Å²) in [5.74, 6) is 0. The summed E-state index contributed by atoms with van der Waals surface area (Å²) < 4.78 is 2.57. The number of hydrogen-bond acceptors (Lipinski definition) is 2. The zero-order valence-electron chi connectivity index (χ0n) is 10.5. The molecule has 0 aliphatic heterocycles. The van der Waals surface area contributed by atoms with Crippen molar-refractivity contribution < 1.29 is 0 Å². The van der Waals surface area contributed by atoms with Crippen LogP contribution < -0.4 is 0 Å². The van der Waals surface area contributed by atoms with Crippen LogP contribution in [0.25, 0.3) is 0 Å². The molecular formula is C12H20N2Se2. The average molecular weight is 350 g/mol. The van der Waals surface area contributed by atoms with Crippen molar-refractivity contribution in [2.75, 3.05) is 13.1 Å². The van der Waals surface area contributed by atoms with Crippen LogP contribution >= 0.6 is 0 Å². The van der Waals surface area contributed by atoms with Crippen molar-refractivity contribution in [1.82, 2.24) is 0 Å². The molecular weight excluding hydrogens is 330 g/mol. The summed E-state index contributed by atoms with van der Waals surface area (Å²) in [6.45, 7) is 9.88. The summed E-state index contributed by atoms with van der Waals surface area (Å²) in [5.41, 5.74) is 2.35. The van der Waals surface area contributed by atoms with E-state index in [4.69, 9.17) is 0 Å². The summed E-state index contributed by atoms with van der Waals surface area (Å²) in [7, 11) is 0. The third-order valence-electron chi connectivity index (χ3n) is 1.87. The third kappa shape index (κ3) is 10.6. The van der Waals surface area contributed by atoms with Crippen LogP contribution in [0.1, 0.15) is 40.5 Å². The van der Waals surface area contributed by atoms with Crippen molar-refractivity contribution in [2.45, 2.75) is 40.5 Å². The quantitative estimate of drug-likeness (QED) is 0.377. The maximum absolute atomic E-state index is 4.47. The third-order valence-corrected chi connectivity index (χ3v) is 2.48. The van der Waals surface area contributed by atoms with Crippen LogP contribution in [0.2, 0.25) is 0 Å². The molecule has 90 valence electrons. The molecule has 0 aromatic rings. The van der Waals surface area contributed by atoms with Gasteiger partial charge in [0.25, 0.3) is 0 Å². The molecule has 2 nitrogen and oxygen atoms in total. The van der Waals surface area contributed by atoms with Gasteiger partial charge in [-0.05, 0) is 0 Å². The second-order valence-electron chi connectivity index (χ2n) is 3.99. The zero-order chi connectivity index (χ0) is 12.6. The van der Waals surface area contributed by atoms with E-state index in [9.17, 15) is 0 Å². The van der Waals surface area contributed by atoms with E-state index in [-0.39, 0.29) is 0 Å². The molecule has 0 saturated carbocycles. The molecule has 0 aromatic heterocycles. The topological polar surface area (TPSA) is 24.7 Å². The molecule has 0 spiro atoms. The van der Waals surface area contributed by atoms with Crippen molar-refractivity contribution in [3.05, 3.63) is 0 Å². The van der Waals surface area contributed by atoms with Crippen molar-refractivity contribution in [3.63, 3.8) is 0 Å². The molecule has 0 amide bonds. The minimum absolute atomic E-state index is 0.795. The van der Waals surface area contributed by atoms with Gasteiger partial charge in [-0.25, -0.2) is 0 Å². The number of aliphatic imine (C=N–C) groups is 2. The Morgan fingerprint density at radius 2 is 1.06 bits per heavy atom. The molecule has 0 aliphatic carbocycles. The minimum atomic E-state index is 0.795. The first-order valence-electron chi connectivity index (χ1n) is 5.40. The summed E-state index contributed by atoms with van der Waals surface area (Å²) in [6.07, 6.45) is 1.92. The molecule has 0 rings (SSSR count). The van der Waals surface area contributed by atoms with Crippen LogP contribution in [-0.2, 0) is 0 Å². The summed E-state index contributed by atoms with van der Waals surface area (Å²) in [5, 5.41) is 0. The summed E-state index contributed by atoms with van der Waals surface area (Å²) in [4.78, 5) is 8.94. The van der Waals surface area contributed by atoms with Crippen LogP contribution in [0.3, 0.4) is 0 Å². The van der Waals surface area contributed by atoms with Crippen molar-refractivity contribution in [2.24, 2.45) is 9.98 Å². The SMILES string of the molecule is CC(=[Se])CC(C)=NCCN=C(C)CC(C)=[Se]. The van der Waals surface area contributed by atoms with Gasteiger partial charge in [0.2, 0.25) is 0 Å².